The number of methoxy groups -OCH3 is 1. The Bertz CT molecular complexity index is 475. The van der Waals surface area contributed by atoms with Crippen molar-refractivity contribution in [1.82, 2.24) is 10.9 Å². The van der Waals surface area contributed by atoms with E-state index in [9.17, 15) is 4.79 Å². The zero-order valence-electron chi connectivity index (χ0n) is 12.4. The molecule has 0 unspecified atom stereocenters. The summed E-state index contributed by atoms with van der Waals surface area (Å²) in [4.78, 5) is 11.6. The second kappa shape index (κ2) is 8.19. The van der Waals surface area contributed by atoms with Gasteiger partial charge in [-0.3, -0.25) is 10.2 Å². The van der Waals surface area contributed by atoms with E-state index < -0.39 is 0 Å². The van der Waals surface area contributed by atoms with Crippen molar-refractivity contribution in [2.75, 3.05) is 13.7 Å². The van der Waals surface area contributed by atoms with Gasteiger partial charge in [-0.05, 0) is 49.9 Å². The van der Waals surface area contributed by atoms with Gasteiger partial charge in [-0.2, -0.15) is 0 Å². The van der Waals surface area contributed by atoms with Crippen molar-refractivity contribution in [3.8, 4) is 11.5 Å². The molecule has 5 heteroatoms. The van der Waals surface area contributed by atoms with Crippen LogP contribution in [-0.4, -0.2) is 19.6 Å². The van der Waals surface area contributed by atoms with E-state index in [1.807, 2.05) is 6.20 Å². The Morgan fingerprint density at radius 2 is 1.81 bits per heavy atom. The number of benzene rings is 1. The topological polar surface area (TPSA) is 59.6 Å². The Morgan fingerprint density at radius 3 is 2.48 bits per heavy atom. The maximum absolute atomic E-state index is 11.6. The molecule has 0 atom stereocenters. The molecule has 1 aromatic carbocycles. The molecule has 1 aromatic rings. The predicted molar refractivity (Wildman–Crippen MR) is 80.9 cm³/mol. The number of ether oxygens (including phenoxy) is 2. The summed E-state index contributed by atoms with van der Waals surface area (Å²) in [6.45, 7) is -0.0253. The highest BCUT2D eigenvalue weighted by Crippen LogP contribution is 2.21. The summed E-state index contributed by atoms with van der Waals surface area (Å²) >= 11 is 0. The van der Waals surface area contributed by atoms with Gasteiger partial charge in [0, 0.05) is 6.20 Å². The summed E-state index contributed by atoms with van der Waals surface area (Å²) in [7, 11) is 1.61. The molecule has 1 saturated carbocycles. The van der Waals surface area contributed by atoms with Gasteiger partial charge in [0.1, 0.15) is 11.5 Å². The van der Waals surface area contributed by atoms with Gasteiger partial charge >= 0.3 is 0 Å². The highest BCUT2D eigenvalue weighted by molar-refractivity contribution is 5.77. The minimum atomic E-state index is -0.210. The van der Waals surface area contributed by atoms with Crippen molar-refractivity contribution in [2.45, 2.75) is 32.1 Å². The lowest BCUT2D eigenvalue weighted by Crippen LogP contribution is -2.37. The maximum atomic E-state index is 11.6. The van der Waals surface area contributed by atoms with Crippen LogP contribution in [0.4, 0.5) is 0 Å². The number of rotatable bonds is 6. The normalized spacial score (nSPS) is 14.2. The molecule has 2 N–H and O–H groups in total. The molecule has 0 saturated heterocycles. The van der Waals surface area contributed by atoms with Gasteiger partial charge in [0.15, 0.2) is 6.61 Å². The van der Waals surface area contributed by atoms with E-state index in [0.29, 0.717) is 5.75 Å². The Kier molecular flexibility index (Phi) is 5.94. The van der Waals surface area contributed by atoms with E-state index >= 15 is 0 Å². The van der Waals surface area contributed by atoms with E-state index in [-0.39, 0.29) is 12.5 Å². The first-order chi connectivity index (χ1) is 10.3. The third kappa shape index (κ3) is 5.38. The Labute approximate surface area is 125 Å². The zero-order valence-corrected chi connectivity index (χ0v) is 12.4. The molecule has 5 nitrogen and oxygen atoms in total. The van der Waals surface area contributed by atoms with Gasteiger partial charge in [-0.15, -0.1) is 0 Å². The van der Waals surface area contributed by atoms with Crippen molar-refractivity contribution < 1.29 is 14.3 Å². The van der Waals surface area contributed by atoms with Crippen LogP contribution in [0.1, 0.15) is 32.1 Å². The Hall–Kier alpha value is -2.17. The van der Waals surface area contributed by atoms with Gasteiger partial charge in [0.2, 0.25) is 0 Å². The maximum Gasteiger partial charge on any atom is 0.276 e. The number of allylic oxidation sites excluding steroid dienone is 1. The monoisotopic (exact) mass is 290 g/mol. The van der Waals surface area contributed by atoms with Crippen molar-refractivity contribution in [2.24, 2.45) is 0 Å². The first kappa shape index (κ1) is 15.2. The average Bonchev–Trinajstić information content (AvgIpc) is 2.54. The molecule has 2 rings (SSSR count). The van der Waals surface area contributed by atoms with Gasteiger partial charge in [-0.25, -0.2) is 0 Å². The zero-order chi connectivity index (χ0) is 14.9. The fourth-order valence-electron chi connectivity index (χ4n) is 2.23. The van der Waals surface area contributed by atoms with Crippen LogP contribution in [0.3, 0.4) is 0 Å². The first-order valence-electron chi connectivity index (χ1n) is 7.27. The number of hydrogen-bond donors (Lipinski definition) is 2. The number of carbonyl (C=O) groups excluding carboxylic acids is 1. The van der Waals surface area contributed by atoms with Crippen LogP contribution in [0, 0.1) is 0 Å². The molecule has 1 fully saturated rings. The fraction of sp³-hybridized carbons (Fsp3) is 0.438. The molecule has 0 bridgehead atoms. The van der Waals surface area contributed by atoms with Crippen molar-refractivity contribution in [1.29, 1.82) is 0 Å². The molecule has 114 valence electrons. The molecule has 1 aliphatic rings. The number of carbonyl (C=O) groups is 1. The van der Waals surface area contributed by atoms with Gasteiger partial charge < -0.3 is 14.9 Å². The highest BCUT2D eigenvalue weighted by atomic mass is 16.5. The van der Waals surface area contributed by atoms with Gasteiger partial charge in [0.25, 0.3) is 5.91 Å². The minimum absolute atomic E-state index is 0.0253. The van der Waals surface area contributed by atoms with Crippen LogP contribution in [0.25, 0.3) is 0 Å². The Balaban J connectivity index is 1.66. The van der Waals surface area contributed by atoms with Crippen molar-refractivity contribution >= 4 is 5.91 Å². The lowest BCUT2D eigenvalue weighted by Gasteiger charge is -2.14. The van der Waals surface area contributed by atoms with E-state index in [2.05, 4.69) is 10.9 Å². The molecule has 0 heterocycles. The van der Waals surface area contributed by atoms with Crippen LogP contribution in [0.15, 0.2) is 36.0 Å². The van der Waals surface area contributed by atoms with E-state index in [4.69, 9.17) is 9.47 Å². The SMILES string of the molecule is COc1ccc(OCC(=O)NNC=C2CCCCC2)cc1. The van der Waals surface area contributed by atoms with Crippen LogP contribution < -0.4 is 20.3 Å². The molecule has 0 radical (unpaired) electrons. The van der Waals surface area contributed by atoms with Crippen LogP contribution in [0.2, 0.25) is 0 Å². The molecule has 1 amide bonds. The smallest absolute Gasteiger partial charge is 0.276 e. The summed E-state index contributed by atoms with van der Waals surface area (Å²) in [6.07, 6.45) is 7.91. The minimum Gasteiger partial charge on any atom is -0.497 e. The molecular weight excluding hydrogens is 268 g/mol. The summed E-state index contributed by atoms with van der Waals surface area (Å²) in [6, 6.07) is 7.12. The standard InChI is InChI=1S/C16H22N2O3/c1-20-14-7-9-15(10-8-14)21-12-16(19)18-17-11-13-5-3-2-4-6-13/h7-11,17H,2-6,12H2,1H3,(H,18,19). The largest absolute Gasteiger partial charge is 0.497 e. The summed E-state index contributed by atoms with van der Waals surface area (Å²) in [5.74, 6) is 1.18. The number of amides is 1. The molecule has 0 aliphatic heterocycles. The predicted octanol–water partition coefficient (Wildman–Crippen LogP) is 2.54. The average molecular weight is 290 g/mol. The fourth-order valence-corrected chi connectivity index (χ4v) is 2.23. The quantitative estimate of drug-likeness (QED) is 0.790. The second-order valence-electron chi connectivity index (χ2n) is 5.02. The second-order valence-corrected chi connectivity index (χ2v) is 5.02. The lowest BCUT2D eigenvalue weighted by molar-refractivity contribution is -0.123. The van der Waals surface area contributed by atoms with Gasteiger partial charge in [0.05, 0.1) is 7.11 Å². The third-order valence-corrected chi connectivity index (χ3v) is 3.41. The van der Waals surface area contributed by atoms with Crippen molar-refractivity contribution in [3.63, 3.8) is 0 Å². The molecule has 0 aromatic heterocycles. The first-order valence-corrected chi connectivity index (χ1v) is 7.27. The molecular formula is C16H22N2O3. The highest BCUT2D eigenvalue weighted by Gasteiger charge is 2.05. The third-order valence-electron chi connectivity index (χ3n) is 3.41. The van der Waals surface area contributed by atoms with Crippen LogP contribution >= 0.6 is 0 Å². The summed E-state index contributed by atoms with van der Waals surface area (Å²) < 4.78 is 10.4. The van der Waals surface area contributed by atoms with Crippen LogP contribution in [0.5, 0.6) is 11.5 Å². The summed E-state index contributed by atoms with van der Waals surface area (Å²) in [5.41, 5.74) is 6.81. The van der Waals surface area contributed by atoms with E-state index in [1.165, 1.54) is 24.8 Å². The summed E-state index contributed by atoms with van der Waals surface area (Å²) in [5, 5.41) is 0. The van der Waals surface area contributed by atoms with Gasteiger partial charge in [-0.1, -0.05) is 12.0 Å². The molecule has 0 spiro atoms. The molecule has 21 heavy (non-hydrogen) atoms. The van der Waals surface area contributed by atoms with Crippen molar-refractivity contribution in [3.05, 3.63) is 36.0 Å². The van der Waals surface area contributed by atoms with E-state index in [1.54, 1.807) is 31.4 Å². The number of hydrazine groups is 1. The molecule has 1 aliphatic carbocycles. The number of nitrogens with one attached hydrogen (secondary N) is 2. The van der Waals surface area contributed by atoms with E-state index in [0.717, 1.165) is 18.6 Å². The lowest BCUT2D eigenvalue weighted by atomic mass is 9.96. The Morgan fingerprint density at radius 1 is 1.14 bits per heavy atom. The number of hydrogen-bond acceptors (Lipinski definition) is 4. The van der Waals surface area contributed by atoms with Crippen LogP contribution in [-0.2, 0) is 4.79 Å².